The molecule has 1 aliphatic heterocycles. The van der Waals surface area contributed by atoms with Crippen LogP contribution in [0.1, 0.15) is 29.9 Å². The molecule has 2 aromatic rings. The van der Waals surface area contributed by atoms with Crippen LogP contribution in [0, 0.1) is 5.82 Å². The standard InChI is InChI=1S/C20H21BrFNO2/c1-25-18-7-3-14(4-8-18)16-10-11-23(13-16)20(24)9-5-15-2-6-17(21)12-19(15)22/h2-4,6-8,12,16H,5,9-11,13H2,1H3. The summed E-state index contributed by atoms with van der Waals surface area (Å²) in [6.07, 6.45) is 1.74. The highest BCUT2D eigenvalue weighted by Gasteiger charge is 2.27. The number of carbonyl (C=O) groups excluding carboxylic acids is 1. The number of benzene rings is 2. The van der Waals surface area contributed by atoms with Crippen molar-refractivity contribution in [2.24, 2.45) is 0 Å². The minimum atomic E-state index is -0.264. The second kappa shape index (κ2) is 8.00. The van der Waals surface area contributed by atoms with Crippen molar-refractivity contribution in [3.63, 3.8) is 0 Å². The molecule has 0 spiro atoms. The Labute approximate surface area is 155 Å². The van der Waals surface area contributed by atoms with Crippen LogP contribution in [0.25, 0.3) is 0 Å². The molecule has 1 unspecified atom stereocenters. The van der Waals surface area contributed by atoms with E-state index < -0.39 is 0 Å². The molecule has 1 saturated heterocycles. The molecule has 0 bridgehead atoms. The number of halogens is 2. The second-order valence-electron chi connectivity index (χ2n) is 6.33. The minimum Gasteiger partial charge on any atom is -0.497 e. The van der Waals surface area contributed by atoms with E-state index in [2.05, 4.69) is 28.1 Å². The maximum atomic E-state index is 13.9. The quantitative estimate of drug-likeness (QED) is 0.730. The molecule has 1 fully saturated rings. The van der Waals surface area contributed by atoms with E-state index in [1.54, 1.807) is 19.2 Å². The van der Waals surface area contributed by atoms with E-state index in [1.807, 2.05) is 17.0 Å². The van der Waals surface area contributed by atoms with Gasteiger partial charge >= 0.3 is 0 Å². The summed E-state index contributed by atoms with van der Waals surface area (Å²) in [4.78, 5) is 14.3. The maximum absolute atomic E-state index is 13.9. The monoisotopic (exact) mass is 405 g/mol. The number of likely N-dealkylation sites (tertiary alicyclic amines) is 1. The van der Waals surface area contributed by atoms with Crippen molar-refractivity contribution in [3.8, 4) is 5.75 Å². The average Bonchev–Trinajstić information content (AvgIpc) is 3.11. The second-order valence-corrected chi connectivity index (χ2v) is 7.25. The number of rotatable bonds is 5. The summed E-state index contributed by atoms with van der Waals surface area (Å²) >= 11 is 3.24. The van der Waals surface area contributed by atoms with Gasteiger partial charge in [-0.3, -0.25) is 4.79 Å². The van der Waals surface area contributed by atoms with E-state index in [1.165, 1.54) is 11.6 Å². The molecule has 1 heterocycles. The van der Waals surface area contributed by atoms with Gasteiger partial charge < -0.3 is 9.64 Å². The zero-order valence-electron chi connectivity index (χ0n) is 14.2. The Balaban J connectivity index is 1.55. The lowest BCUT2D eigenvalue weighted by Gasteiger charge is -2.17. The normalized spacial score (nSPS) is 16.9. The molecule has 3 rings (SSSR count). The van der Waals surface area contributed by atoms with Crippen molar-refractivity contribution in [3.05, 3.63) is 63.9 Å². The van der Waals surface area contributed by atoms with Gasteiger partial charge in [-0.25, -0.2) is 4.39 Å². The number of nitrogens with zero attached hydrogens (tertiary/aromatic N) is 1. The Morgan fingerprint density at radius 3 is 2.72 bits per heavy atom. The van der Waals surface area contributed by atoms with Crippen molar-refractivity contribution < 1.29 is 13.9 Å². The summed E-state index contributed by atoms with van der Waals surface area (Å²) in [5.41, 5.74) is 1.82. The van der Waals surface area contributed by atoms with Gasteiger partial charge in [-0.15, -0.1) is 0 Å². The number of ether oxygens (including phenoxy) is 1. The minimum absolute atomic E-state index is 0.0957. The number of hydrogen-bond donors (Lipinski definition) is 0. The lowest BCUT2D eigenvalue weighted by Crippen LogP contribution is -2.28. The van der Waals surface area contributed by atoms with Gasteiger partial charge in [0.15, 0.2) is 0 Å². The molecule has 2 aromatic carbocycles. The molecule has 5 heteroatoms. The van der Waals surface area contributed by atoms with Crippen LogP contribution in [-0.2, 0) is 11.2 Å². The summed E-state index contributed by atoms with van der Waals surface area (Å²) < 4.78 is 19.8. The predicted molar refractivity (Wildman–Crippen MR) is 99.4 cm³/mol. The van der Waals surface area contributed by atoms with Crippen molar-refractivity contribution in [2.75, 3.05) is 20.2 Å². The first-order valence-electron chi connectivity index (χ1n) is 8.42. The Kier molecular flexibility index (Phi) is 5.74. The molecule has 1 atom stereocenters. The van der Waals surface area contributed by atoms with E-state index in [-0.39, 0.29) is 11.7 Å². The first-order valence-corrected chi connectivity index (χ1v) is 9.22. The Morgan fingerprint density at radius 1 is 1.28 bits per heavy atom. The molecular weight excluding hydrogens is 385 g/mol. The topological polar surface area (TPSA) is 29.5 Å². The maximum Gasteiger partial charge on any atom is 0.222 e. The molecule has 132 valence electrons. The first kappa shape index (κ1) is 17.9. The zero-order chi connectivity index (χ0) is 17.8. The molecule has 0 aliphatic carbocycles. The third kappa shape index (κ3) is 4.40. The highest BCUT2D eigenvalue weighted by molar-refractivity contribution is 9.10. The largest absolute Gasteiger partial charge is 0.497 e. The van der Waals surface area contributed by atoms with Crippen LogP contribution in [0.3, 0.4) is 0 Å². The van der Waals surface area contributed by atoms with Crippen LogP contribution >= 0.6 is 15.9 Å². The fourth-order valence-electron chi connectivity index (χ4n) is 3.26. The van der Waals surface area contributed by atoms with E-state index in [0.29, 0.717) is 28.8 Å². The Morgan fingerprint density at radius 2 is 2.04 bits per heavy atom. The molecule has 0 radical (unpaired) electrons. The fourth-order valence-corrected chi connectivity index (χ4v) is 3.59. The highest BCUT2D eigenvalue weighted by atomic mass is 79.9. The summed E-state index contributed by atoms with van der Waals surface area (Å²) in [6, 6.07) is 13.0. The Hall–Kier alpha value is -1.88. The molecule has 1 aliphatic rings. The molecule has 0 saturated carbocycles. The summed E-state index contributed by atoms with van der Waals surface area (Å²) in [5, 5.41) is 0. The van der Waals surface area contributed by atoms with Gasteiger partial charge in [0, 0.05) is 29.9 Å². The van der Waals surface area contributed by atoms with Crippen LogP contribution in [0.4, 0.5) is 4.39 Å². The van der Waals surface area contributed by atoms with E-state index in [9.17, 15) is 9.18 Å². The van der Waals surface area contributed by atoms with Gasteiger partial charge in [-0.05, 0) is 48.2 Å². The summed E-state index contributed by atoms with van der Waals surface area (Å²) in [6.45, 7) is 1.49. The van der Waals surface area contributed by atoms with Crippen molar-refractivity contribution in [1.29, 1.82) is 0 Å². The first-order chi connectivity index (χ1) is 12.1. The number of aryl methyl sites for hydroxylation is 1. The van der Waals surface area contributed by atoms with Crippen LogP contribution < -0.4 is 4.74 Å². The van der Waals surface area contributed by atoms with E-state index in [4.69, 9.17) is 4.74 Å². The third-order valence-corrected chi connectivity index (χ3v) is 5.24. The fraction of sp³-hybridized carbons (Fsp3) is 0.350. The van der Waals surface area contributed by atoms with Crippen LogP contribution in [0.2, 0.25) is 0 Å². The number of hydrogen-bond acceptors (Lipinski definition) is 2. The van der Waals surface area contributed by atoms with Gasteiger partial charge in [0.25, 0.3) is 0 Å². The molecule has 1 amide bonds. The van der Waals surface area contributed by atoms with Crippen LogP contribution in [-0.4, -0.2) is 31.0 Å². The van der Waals surface area contributed by atoms with Crippen molar-refractivity contribution >= 4 is 21.8 Å². The lowest BCUT2D eigenvalue weighted by atomic mass is 9.98. The highest BCUT2D eigenvalue weighted by Crippen LogP contribution is 2.29. The van der Waals surface area contributed by atoms with Gasteiger partial charge in [0.1, 0.15) is 11.6 Å². The van der Waals surface area contributed by atoms with Gasteiger partial charge in [0.2, 0.25) is 5.91 Å². The molecule has 0 aromatic heterocycles. The number of amides is 1. The lowest BCUT2D eigenvalue weighted by molar-refractivity contribution is -0.130. The number of carbonyl (C=O) groups is 1. The predicted octanol–water partition coefficient (Wildman–Crippen LogP) is 4.55. The third-order valence-electron chi connectivity index (χ3n) is 4.75. The van der Waals surface area contributed by atoms with E-state index >= 15 is 0 Å². The van der Waals surface area contributed by atoms with Crippen LogP contribution in [0.5, 0.6) is 5.75 Å². The van der Waals surface area contributed by atoms with Crippen molar-refractivity contribution in [2.45, 2.75) is 25.2 Å². The Bertz CT molecular complexity index is 748. The van der Waals surface area contributed by atoms with Gasteiger partial charge in [-0.1, -0.05) is 34.1 Å². The van der Waals surface area contributed by atoms with Gasteiger partial charge in [0.05, 0.1) is 7.11 Å². The number of methoxy groups -OCH3 is 1. The molecule has 0 N–H and O–H groups in total. The van der Waals surface area contributed by atoms with E-state index in [0.717, 1.165) is 25.3 Å². The van der Waals surface area contributed by atoms with Crippen molar-refractivity contribution in [1.82, 2.24) is 4.90 Å². The van der Waals surface area contributed by atoms with Crippen LogP contribution in [0.15, 0.2) is 46.9 Å². The smallest absolute Gasteiger partial charge is 0.222 e. The average molecular weight is 406 g/mol. The van der Waals surface area contributed by atoms with Gasteiger partial charge in [-0.2, -0.15) is 0 Å². The summed E-state index contributed by atoms with van der Waals surface area (Å²) in [7, 11) is 1.65. The molecule has 25 heavy (non-hydrogen) atoms. The molecule has 3 nitrogen and oxygen atoms in total. The SMILES string of the molecule is COc1ccc(C2CCN(C(=O)CCc3ccc(Br)cc3F)C2)cc1. The molecular formula is C20H21BrFNO2. The zero-order valence-corrected chi connectivity index (χ0v) is 15.8. The summed E-state index contributed by atoms with van der Waals surface area (Å²) in [5.74, 6) is 1.03.